The summed E-state index contributed by atoms with van der Waals surface area (Å²) in [7, 11) is -3.03. The van der Waals surface area contributed by atoms with Gasteiger partial charge < -0.3 is 5.32 Å². The highest BCUT2D eigenvalue weighted by molar-refractivity contribution is 7.60. The van der Waals surface area contributed by atoms with E-state index in [1.165, 1.54) is 0 Å². The zero-order valence-corrected chi connectivity index (χ0v) is 8.91. The number of nitrogens with two attached hydrogens (primary N) is 1. The number of amides is 2. The van der Waals surface area contributed by atoms with Gasteiger partial charge in [0, 0.05) is 0 Å². The van der Waals surface area contributed by atoms with E-state index >= 15 is 0 Å². The van der Waals surface area contributed by atoms with Gasteiger partial charge in [-0.15, -0.1) is 0 Å². The van der Waals surface area contributed by atoms with Crippen LogP contribution in [0.5, 0.6) is 0 Å². The Hall–Kier alpha value is -1.32. The number of carbonyl (C=O) groups is 1. The molecule has 0 aliphatic carbocycles. The number of carbonyl (C=O) groups excluding carboxylic acids is 1. The predicted molar refractivity (Wildman–Crippen MR) is 57.5 cm³/mol. The average molecular weight is 225 g/mol. The van der Waals surface area contributed by atoms with Gasteiger partial charge in [0.15, 0.2) is 0 Å². The minimum absolute atomic E-state index is 0.239. The van der Waals surface area contributed by atoms with Crippen LogP contribution in [0.15, 0.2) is 30.3 Å². The number of hydrogen-bond acceptors (Lipinski definition) is 2. The van der Waals surface area contributed by atoms with Crippen molar-refractivity contribution in [2.45, 2.75) is 6.04 Å². The first kappa shape index (κ1) is 10.2. The second kappa shape index (κ2) is 3.68. The zero-order chi connectivity index (χ0) is 10.9. The standard InChI is InChI=1S/C9H12N3O2P/c10-15(14)6-8(11-9(13)12-15)7-4-2-1-3-5-7/h1-5,8H,6H2,(H4,10,11,12,13,14). The minimum atomic E-state index is -3.03. The summed E-state index contributed by atoms with van der Waals surface area (Å²) in [5.74, 6) is 0. The second-order valence-corrected chi connectivity index (χ2v) is 5.71. The van der Waals surface area contributed by atoms with Crippen LogP contribution >= 0.6 is 7.44 Å². The number of benzene rings is 1. The van der Waals surface area contributed by atoms with E-state index in [0.717, 1.165) is 5.56 Å². The molecule has 1 saturated heterocycles. The third-order valence-corrected chi connectivity index (χ3v) is 3.74. The molecule has 2 unspecified atom stereocenters. The maximum Gasteiger partial charge on any atom is 0.321 e. The maximum atomic E-state index is 11.6. The SMILES string of the molecule is NP1(=O)CC(c2ccccc2)NC(=O)N1. The lowest BCUT2D eigenvalue weighted by Gasteiger charge is -2.28. The van der Waals surface area contributed by atoms with Gasteiger partial charge in [-0.05, 0) is 5.56 Å². The van der Waals surface area contributed by atoms with Crippen molar-refractivity contribution in [3.05, 3.63) is 35.9 Å². The Morgan fingerprint density at radius 1 is 1.33 bits per heavy atom. The quantitative estimate of drug-likeness (QED) is 0.627. The molecule has 1 aliphatic heterocycles. The normalized spacial score (nSPS) is 30.5. The zero-order valence-electron chi connectivity index (χ0n) is 8.01. The van der Waals surface area contributed by atoms with Crippen molar-refractivity contribution in [2.75, 3.05) is 6.16 Å². The smallest absolute Gasteiger partial charge is 0.321 e. The van der Waals surface area contributed by atoms with E-state index < -0.39 is 13.5 Å². The Bertz CT molecular complexity index is 421. The molecule has 0 radical (unpaired) electrons. The lowest BCUT2D eigenvalue weighted by atomic mass is 10.1. The van der Waals surface area contributed by atoms with Gasteiger partial charge in [0.05, 0.1) is 12.2 Å². The van der Waals surface area contributed by atoms with Gasteiger partial charge in [0.1, 0.15) is 0 Å². The van der Waals surface area contributed by atoms with Crippen molar-refractivity contribution in [1.29, 1.82) is 0 Å². The first-order valence-electron chi connectivity index (χ1n) is 4.58. The van der Waals surface area contributed by atoms with E-state index in [9.17, 15) is 9.36 Å². The molecule has 4 N–H and O–H groups in total. The number of hydrogen-bond donors (Lipinski definition) is 3. The molecular weight excluding hydrogens is 213 g/mol. The molecule has 6 heteroatoms. The van der Waals surface area contributed by atoms with E-state index in [4.69, 9.17) is 5.50 Å². The molecule has 2 amide bonds. The molecule has 0 spiro atoms. The maximum absolute atomic E-state index is 11.6. The fourth-order valence-electron chi connectivity index (χ4n) is 1.60. The van der Waals surface area contributed by atoms with Gasteiger partial charge >= 0.3 is 6.03 Å². The summed E-state index contributed by atoms with van der Waals surface area (Å²) in [6.45, 7) is 0. The fraction of sp³-hybridized carbons (Fsp3) is 0.222. The molecule has 1 aromatic carbocycles. The molecule has 0 saturated carbocycles. The predicted octanol–water partition coefficient (Wildman–Crippen LogP) is 1.19. The third-order valence-electron chi connectivity index (χ3n) is 2.25. The molecule has 15 heavy (non-hydrogen) atoms. The van der Waals surface area contributed by atoms with Crippen LogP contribution in [0, 0.1) is 0 Å². The highest BCUT2D eigenvalue weighted by Crippen LogP contribution is 2.38. The molecular formula is C9H12N3O2P. The molecule has 0 bridgehead atoms. The molecule has 2 atom stereocenters. The molecule has 2 rings (SSSR count). The average Bonchev–Trinajstić information content (AvgIpc) is 2.16. The highest BCUT2D eigenvalue weighted by atomic mass is 31.2. The van der Waals surface area contributed by atoms with Gasteiger partial charge in [0.25, 0.3) is 0 Å². The van der Waals surface area contributed by atoms with E-state index in [1.807, 2.05) is 30.3 Å². The summed E-state index contributed by atoms with van der Waals surface area (Å²) < 4.78 is 11.6. The van der Waals surface area contributed by atoms with Crippen LogP contribution in [0.25, 0.3) is 0 Å². The van der Waals surface area contributed by atoms with Crippen molar-refractivity contribution in [3.8, 4) is 0 Å². The van der Waals surface area contributed by atoms with Crippen molar-refractivity contribution in [3.63, 3.8) is 0 Å². The van der Waals surface area contributed by atoms with Crippen LogP contribution in [-0.4, -0.2) is 12.2 Å². The van der Waals surface area contributed by atoms with Crippen LogP contribution in [-0.2, 0) is 4.57 Å². The van der Waals surface area contributed by atoms with Gasteiger partial charge in [0.2, 0.25) is 7.44 Å². The molecule has 80 valence electrons. The monoisotopic (exact) mass is 225 g/mol. The Balaban J connectivity index is 2.24. The van der Waals surface area contributed by atoms with Crippen LogP contribution in [0.1, 0.15) is 11.6 Å². The van der Waals surface area contributed by atoms with Crippen LogP contribution < -0.4 is 15.9 Å². The highest BCUT2D eigenvalue weighted by Gasteiger charge is 2.31. The summed E-state index contributed by atoms with van der Waals surface area (Å²) in [5, 5.41) is 4.92. The molecule has 1 fully saturated rings. The molecule has 0 aromatic heterocycles. The van der Waals surface area contributed by atoms with E-state index in [1.54, 1.807) is 0 Å². The summed E-state index contributed by atoms with van der Waals surface area (Å²) in [4.78, 5) is 11.2. The first-order chi connectivity index (χ1) is 7.07. The van der Waals surface area contributed by atoms with Crippen molar-refractivity contribution in [2.24, 2.45) is 5.50 Å². The number of rotatable bonds is 1. The van der Waals surface area contributed by atoms with E-state index in [-0.39, 0.29) is 12.2 Å². The van der Waals surface area contributed by atoms with Crippen molar-refractivity contribution in [1.82, 2.24) is 10.4 Å². The third kappa shape index (κ3) is 2.37. The lowest BCUT2D eigenvalue weighted by Crippen LogP contribution is -2.45. The largest absolute Gasteiger partial charge is 0.330 e. The Kier molecular flexibility index (Phi) is 2.50. The van der Waals surface area contributed by atoms with Gasteiger partial charge in [-0.25, -0.2) is 4.79 Å². The summed E-state index contributed by atoms with van der Waals surface area (Å²) in [6.07, 6.45) is 0.239. The Labute approximate surface area is 87.5 Å². The lowest BCUT2D eigenvalue weighted by molar-refractivity contribution is 0.241. The van der Waals surface area contributed by atoms with Crippen molar-refractivity contribution < 1.29 is 9.36 Å². The molecule has 5 nitrogen and oxygen atoms in total. The Morgan fingerprint density at radius 3 is 2.60 bits per heavy atom. The topological polar surface area (TPSA) is 84.2 Å². The second-order valence-electron chi connectivity index (χ2n) is 3.53. The fourth-order valence-corrected chi connectivity index (χ4v) is 2.94. The number of urea groups is 1. The minimum Gasteiger partial charge on any atom is -0.330 e. The van der Waals surface area contributed by atoms with Crippen LogP contribution in [0.2, 0.25) is 0 Å². The van der Waals surface area contributed by atoms with Gasteiger partial charge in [-0.1, -0.05) is 30.3 Å². The summed E-state index contributed by atoms with van der Waals surface area (Å²) in [5.41, 5.74) is 6.39. The number of nitrogens with one attached hydrogen (secondary N) is 2. The van der Waals surface area contributed by atoms with E-state index in [2.05, 4.69) is 10.4 Å². The van der Waals surface area contributed by atoms with Gasteiger partial charge in [-0.3, -0.25) is 15.2 Å². The van der Waals surface area contributed by atoms with Crippen LogP contribution in [0.3, 0.4) is 0 Å². The van der Waals surface area contributed by atoms with Gasteiger partial charge in [-0.2, -0.15) is 0 Å². The van der Waals surface area contributed by atoms with E-state index in [0.29, 0.717) is 0 Å². The summed E-state index contributed by atoms with van der Waals surface area (Å²) >= 11 is 0. The van der Waals surface area contributed by atoms with Crippen LogP contribution in [0.4, 0.5) is 4.79 Å². The Morgan fingerprint density at radius 2 is 2.00 bits per heavy atom. The molecule has 1 heterocycles. The van der Waals surface area contributed by atoms with Crippen molar-refractivity contribution >= 4 is 13.5 Å². The summed E-state index contributed by atoms with van der Waals surface area (Å²) in [6, 6.07) is 8.62. The molecule has 1 aliphatic rings. The molecule has 1 aromatic rings. The first-order valence-corrected chi connectivity index (χ1v) is 6.54.